The Balaban J connectivity index is 2.09. The van der Waals surface area contributed by atoms with Crippen LogP contribution in [0.3, 0.4) is 0 Å². The zero-order chi connectivity index (χ0) is 16.4. The molecule has 2 aromatic heterocycles. The normalized spacial score (nSPS) is 10.7. The van der Waals surface area contributed by atoms with E-state index in [0.717, 1.165) is 22.8 Å². The number of nitrogen functional groups attached to an aromatic ring is 2. The molecule has 4 N–H and O–H groups in total. The number of aromatic nitrogens is 3. The fraction of sp³-hybridized carbons (Fsp3) is 0.188. The Hall–Kier alpha value is -3.09. The molecule has 3 rings (SSSR count). The van der Waals surface area contributed by atoms with Gasteiger partial charge in [0.05, 0.1) is 30.8 Å². The highest BCUT2D eigenvalue weighted by Crippen LogP contribution is 2.29. The zero-order valence-corrected chi connectivity index (χ0v) is 12.9. The lowest BCUT2D eigenvalue weighted by Crippen LogP contribution is -2.04. The van der Waals surface area contributed by atoms with E-state index >= 15 is 0 Å². The molecular formula is C16H17N5O2. The molecule has 7 heteroatoms. The minimum absolute atomic E-state index is 0.147. The van der Waals surface area contributed by atoms with Crippen LogP contribution in [-0.4, -0.2) is 29.2 Å². The van der Waals surface area contributed by atoms with Gasteiger partial charge in [-0.1, -0.05) is 6.07 Å². The van der Waals surface area contributed by atoms with Gasteiger partial charge in [-0.2, -0.15) is 4.98 Å². The standard InChI is InChI=1S/C16H17N5O2/c1-22-10-4-3-9(13(8-10)23-2)7-12-14-11(5-6-19-12)20-16(18)21-15(14)17/h3-6,8H,7H2,1-2H3,(H4,17,18,20,21). The lowest BCUT2D eigenvalue weighted by Gasteiger charge is -2.12. The van der Waals surface area contributed by atoms with E-state index in [-0.39, 0.29) is 5.95 Å². The van der Waals surface area contributed by atoms with Gasteiger partial charge in [0.2, 0.25) is 5.95 Å². The molecule has 0 saturated heterocycles. The van der Waals surface area contributed by atoms with Crippen molar-refractivity contribution in [3.05, 3.63) is 41.7 Å². The van der Waals surface area contributed by atoms with Gasteiger partial charge in [0.1, 0.15) is 17.3 Å². The number of pyridine rings is 1. The summed E-state index contributed by atoms with van der Waals surface area (Å²) < 4.78 is 10.6. The molecule has 0 radical (unpaired) electrons. The van der Waals surface area contributed by atoms with Crippen LogP contribution in [0.2, 0.25) is 0 Å². The largest absolute Gasteiger partial charge is 0.497 e. The summed E-state index contributed by atoms with van der Waals surface area (Å²) >= 11 is 0. The van der Waals surface area contributed by atoms with Crippen molar-refractivity contribution in [1.29, 1.82) is 0 Å². The minimum Gasteiger partial charge on any atom is -0.497 e. The first-order valence-electron chi connectivity index (χ1n) is 7.00. The van der Waals surface area contributed by atoms with Crippen molar-refractivity contribution in [2.45, 2.75) is 6.42 Å². The van der Waals surface area contributed by atoms with Crippen LogP contribution in [0.4, 0.5) is 11.8 Å². The minimum atomic E-state index is 0.147. The van der Waals surface area contributed by atoms with Crippen molar-refractivity contribution in [3.63, 3.8) is 0 Å². The number of benzene rings is 1. The fourth-order valence-corrected chi connectivity index (χ4v) is 2.51. The maximum Gasteiger partial charge on any atom is 0.222 e. The fourth-order valence-electron chi connectivity index (χ4n) is 2.51. The van der Waals surface area contributed by atoms with Crippen LogP contribution in [0.5, 0.6) is 11.5 Å². The highest BCUT2D eigenvalue weighted by molar-refractivity contribution is 5.91. The van der Waals surface area contributed by atoms with Gasteiger partial charge < -0.3 is 20.9 Å². The van der Waals surface area contributed by atoms with Crippen molar-refractivity contribution < 1.29 is 9.47 Å². The van der Waals surface area contributed by atoms with Gasteiger partial charge in [0, 0.05) is 24.2 Å². The van der Waals surface area contributed by atoms with Gasteiger partial charge in [-0.05, 0) is 12.1 Å². The van der Waals surface area contributed by atoms with Crippen LogP contribution < -0.4 is 20.9 Å². The number of fused-ring (bicyclic) bond motifs is 1. The number of anilines is 2. The van der Waals surface area contributed by atoms with Crippen molar-refractivity contribution in [3.8, 4) is 11.5 Å². The zero-order valence-electron chi connectivity index (χ0n) is 12.9. The SMILES string of the molecule is COc1ccc(Cc2nccc3nc(N)nc(N)c23)c(OC)c1. The number of hydrogen-bond donors (Lipinski definition) is 2. The molecule has 0 atom stereocenters. The smallest absolute Gasteiger partial charge is 0.222 e. The van der Waals surface area contributed by atoms with Crippen LogP contribution in [0, 0.1) is 0 Å². The maximum atomic E-state index is 6.01. The Bertz CT molecular complexity index is 866. The van der Waals surface area contributed by atoms with E-state index in [1.165, 1.54) is 0 Å². The average molecular weight is 311 g/mol. The highest BCUT2D eigenvalue weighted by Gasteiger charge is 2.13. The second-order valence-electron chi connectivity index (χ2n) is 4.97. The molecule has 0 amide bonds. The van der Waals surface area contributed by atoms with Crippen LogP contribution in [0.25, 0.3) is 10.9 Å². The van der Waals surface area contributed by atoms with Gasteiger partial charge in [-0.3, -0.25) is 4.98 Å². The molecule has 0 bridgehead atoms. The molecule has 0 saturated carbocycles. The second-order valence-corrected chi connectivity index (χ2v) is 4.97. The molecule has 0 fully saturated rings. The average Bonchev–Trinajstić information content (AvgIpc) is 2.54. The summed E-state index contributed by atoms with van der Waals surface area (Å²) in [6, 6.07) is 7.41. The summed E-state index contributed by atoms with van der Waals surface area (Å²) in [5, 5.41) is 0.708. The van der Waals surface area contributed by atoms with E-state index in [4.69, 9.17) is 20.9 Å². The summed E-state index contributed by atoms with van der Waals surface area (Å²) in [6.45, 7) is 0. The van der Waals surface area contributed by atoms with Crippen LogP contribution in [0.15, 0.2) is 30.5 Å². The quantitative estimate of drug-likeness (QED) is 0.756. The molecule has 2 heterocycles. The molecule has 0 aliphatic rings. The lowest BCUT2D eigenvalue weighted by atomic mass is 10.0. The number of nitrogens with zero attached hydrogens (tertiary/aromatic N) is 3. The van der Waals surface area contributed by atoms with Gasteiger partial charge in [-0.15, -0.1) is 0 Å². The highest BCUT2D eigenvalue weighted by atomic mass is 16.5. The number of rotatable bonds is 4. The van der Waals surface area contributed by atoms with Gasteiger partial charge in [0.25, 0.3) is 0 Å². The first kappa shape index (κ1) is 14.8. The summed E-state index contributed by atoms with van der Waals surface area (Å²) in [6.07, 6.45) is 2.21. The lowest BCUT2D eigenvalue weighted by molar-refractivity contribution is 0.391. The molecular weight excluding hydrogens is 294 g/mol. The van der Waals surface area contributed by atoms with Crippen molar-refractivity contribution in [2.75, 3.05) is 25.7 Å². The number of ether oxygens (including phenoxy) is 2. The molecule has 0 unspecified atom stereocenters. The van der Waals surface area contributed by atoms with E-state index in [1.54, 1.807) is 26.5 Å². The van der Waals surface area contributed by atoms with E-state index < -0.39 is 0 Å². The molecule has 0 aliphatic heterocycles. The Labute approximate surface area is 133 Å². The monoisotopic (exact) mass is 311 g/mol. The first-order valence-corrected chi connectivity index (χ1v) is 7.00. The van der Waals surface area contributed by atoms with Crippen molar-refractivity contribution >= 4 is 22.7 Å². The third-order valence-electron chi connectivity index (χ3n) is 3.59. The molecule has 7 nitrogen and oxygen atoms in total. The van der Waals surface area contributed by atoms with E-state index in [1.807, 2.05) is 18.2 Å². The summed E-state index contributed by atoms with van der Waals surface area (Å²) in [5.74, 6) is 1.92. The summed E-state index contributed by atoms with van der Waals surface area (Å²) in [4.78, 5) is 12.7. The Kier molecular flexibility index (Phi) is 3.84. The third-order valence-corrected chi connectivity index (χ3v) is 3.59. The van der Waals surface area contributed by atoms with Crippen LogP contribution in [-0.2, 0) is 6.42 Å². The van der Waals surface area contributed by atoms with Crippen LogP contribution >= 0.6 is 0 Å². The summed E-state index contributed by atoms with van der Waals surface area (Å²) in [5.41, 5.74) is 14.1. The maximum absolute atomic E-state index is 6.01. The summed E-state index contributed by atoms with van der Waals surface area (Å²) in [7, 11) is 3.23. The molecule has 0 spiro atoms. The predicted octanol–water partition coefficient (Wildman–Crippen LogP) is 1.80. The first-order chi connectivity index (χ1) is 11.1. The number of nitrogens with two attached hydrogens (primary N) is 2. The van der Waals surface area contributed by atoms with Crippen LogP contribution in [0.1, 0.15) is 11.3 Å². The van der Waals surface area contributed by atoms with E-state index in [2.05, 4.69) is 15.0 Å². The Morgan fingerprint density at radius 3 is 2.61 bits per heavy atom. The molecule has 118 valence electrons. The molecule has 3 aromatic rings. The third kappa shape index (κ3) is 2.80. The molecule has 0 aliphatic carbocycles. The van der Waals surface area contributed by atoms with Gasteiger partial charge >= 0.3 is 0 Å². The predicted molar refractivity (Wildman–Crippen MR) is 88.5 cm³/mol. The number of hydrogen-bond acceptors (Lipinski definition) is 7. The Morgan fingerprint density at radius 1 is 1.04 bits per heavy atom. The van der Waals surface area contributed by atoms with Crippen molar-refractivity contribution in [1.82, 2.24) is 15.0 Å². The van der Waals surface area contributed by atoms with Gasteiger partial charge in [-0.25, -0.2) is 4.98 Å². The topological polar surface area (TPSA) is 109 Å². The molecule has 1 aromatic carbocycles. The van der Waals surface area contributed by atoms with Gasteiger partial charge in [0.15, 0.2) is 0 Å². The number of methoxy groups -OCH3 is 2. The Morgan fingerprint density at radius 2 is 1.87 bits per heavy atom. The van der Waals surface area contributed by atoms with E-state index in [9.17, 15) is 0 Å². The van der Waals surface area contributed by atoms with Crippen molar-refractivity contribution in [2.24, 2.45) is 0 Å². The second kappa shape index (κ2) is 5.96. The van der Waals surface area contributed by atoms with E-state index in [0.29, 0.717) is 23.1 Å². The molecule has 23 heavy (non-hydrogen) atoms.